The second kappa shape index (κ2) is 8.58. The van der Waals surface area contributed by atoms with Gasteiger partial charge in [0.2, 0.25) is 0 Å². The molecule has 120 valence electrons. The fourth-order valence-electron chi connectivity index (χ4n) is 3.44. The molecule has 0 bridgehead atoms. The molecule has 1 aromatic carbocycles. The van der Waals surface area contributed by atoms with Gasteiger partial charge in [-0.25, -0.2) is 0 Å². The minimum Gasteiger partial charge on any atom is -0.313 e. The van der Waals surface area contributed by atoms with Crippen molar-refractivity contribution in [2.24, 2.45) is 0 Å². The topological polar surface area (TPSA) is 12.0 Å². The Bertz CT molecular complexity index is 430. The average molecular weight is 290 g/mol. The van der Waals surface area contributed by atoms with E-state index in [4.69, 9.17) is 0 Å². The summed E-state index contributed by atoms with van der Waals surface area (Å²) in [4.78, 5) is 0. The van der Waals surface area contributed by atoms with Crippen LogP contribution in [0, 0.1) is 34.6 Å². The summed E-state index contributed by atoms with van der Waals surface area (Å²) in [6.45, 7) is 13.7. The third-order valence-electron chi connectivity index (χ3n) is 5.35. The summed E-state index contributed by atoms with van der Waals surface area (Å²) >= 11 is 0. The highest BCUT2D eigenvalue weighted by Crippen LogP contribution is 2.32. The van der Waals surface area contributed by atoms with Gasteiger partial charge in [-0.1, -0.05) is 39.0 Å². The van der Waals surface area contributed by atoms with Crippen molar-refractivity contribution >= 4 is 0 Å². The SMILES string of the molecule is CCCCCCCC(NC)c1c(C)c(C)c(C)c(C)c1C. The molecule has 0 aliphatic rings. The Morgan fingerprint density at radius 3 is 1.67 bits per heavy atom. The minimum absolute atomic E-state index is 0.504. The lowest BCUT2D eigenvalue weighted by atomic mass is 9.85. The summed E-state index contributed by atoms with van der Waals surface area (Å²) in [7, 11) is 2.11. The maximum atomic E-state index is 3.56. The molecule has 0 saturated heterocycles. The van der Waals surface area contributed by atoms with Crippen LogP contribution in [-0.2, 0) is 0 Å². The van der Waals surface area contributed by atoms with Crippen molar-refractivity contribution in [3.63, 3.8) is 0 Å². The summed E-state index contributed by atoms with van der Waals surface area (Å²) < 4.78 is 0. The van der Waals surface area contributed by atoms with Gasteiger partial charge in [-0.05, 0) is 81.5 Å². The largest absolute Gasteiger partial charge is 0.313 e. The van der Waals surface area contributed by atoms with Gasteiger partial charge < -0.3 is 5.32 Å². The van der Waals surface area contributed by atoms with Crippen molar-refractivity contribution in [1.82, 2.24) is 5.32 Å². The maximum absolute atomic E-state index is 3.56. The van der Waals surface area contributed by atoms with E-state index in [0.717, 1.165) is 0 Å². The third kappa shape index (κ3) is 4.32. The van der Waals surface area contributed by atoms with E-state index in [2.05, 4.69) is 53.9 Å². The predicted octanol–water partition coefficient (Wildman–Crippen LogP) is 5.85. The fraction of sp³-hybridized carbons (Fsp3) is 0.700. The Balaban J connectivity index is 2.91. The van der Waals surface area contributed by atoms with Crippen LogP contribution in [0.5, 0.6) is 0 Å². The molecular formula is C20H35N. The predicted molar refractivity (Wildman–Crippen MR) is 95.3 cm³/mol. The Morgan fingerprint density at radius 1 is 0.714 bits per heavy atom. The smallest absolute Gasteiger partial charge is 0.0322 e. The number of rotatable bonds is 8. The quantitative estimate of drug-likeness (QED) is 0.592. The van der Waals surface area contributed by atoms with Gasteiger partial charge in [0.05, 0.1) is 0 Å². The van der Waals surface area contributed by atoms with Crippen molar-refractivity contribution in [1.29, 1.82) is 0 Å². The van der Waals surface area contributed by atoms with Gasteiger partial charge >= 0.3 is 0 Å². The zero-order valence-electron chi connectivity index (χ0n) is 15.3. The Labute approximate surface area is 132 Å². The third-order valence-corrected chi connectivity index (χ3v) is 5.35. The highest BCUT2D eigenvalue weighted by atomic mass is 14.9. The van der Waals surface area contributed by atoms with E-state index in [9.17, 15) is 0 Å². The number of nitrogens with one attached hydrogen (secondary N) is 1. The number of unbranched alkanes of at least 4 members (excludes halogenated alkanes) is 4. The summed E-state index contributed by atoms with van der Waals surface area (Å²) in [6, 6.07) is 0.504. The molecule has 0 aliphatic carbocycles. The molecule has 1 nitrogen and oxygen atoms in total. The van der Waals surface area contributed by atoms with E-state index in [1.54, 1.807) is 5.56 Å². The molecule has 0 fully saturated rings. The van der Waals surface area contributed by atoms with Crippen molar-refractivity contribution < 1.29 is 0 Å². The monoisotopic (exact) mass is 289 g/mol. The molecule has 1 aromatic rings. The van der Waals surface area contributed by atoms with Crippen molar-refractivity contribution in [2.45, 2.75) is 86.1 Å². The van der Waals surface area contributed by atoms with Crippen LogP contribution in [0.4, 0.5) is 0 Å². The first-order valence-corrected chi connectivity index (χ1v) is 8.69. The minimum atomic E-state index is 0.504. The number of benzene rings is 1. The highest BCUT2D eigenvalue weighted by Gasteiger charge is 2.18. The van der Waals surface area contributed by atoms with E-state index >= 15 is 0 Å². The molecule has 21 heavy (non-hydrogen) atoms. The van der Waals surface area contributed by atoms with Gasteiger partial charge in [0.25, 0.3) is 0 Å². The molecule has 0 amide bonds. The molecule has 0 spiro atoms. The summed E-state index contributed by atoms with van der Waals surface area (Å²) in [5.41, 5.74) is 8.94. The van der Waals surface area contributed by atoms with Crippen molar-refractivity contribution in [3.05, 3.63) is 33.4 Å². The van der Waals surface area contributed by atoms with E-state index in [-0.39, 0.29) is 0 Å². The zero-order valence-corrected chi connectivity index (χ0v) is 15.3. The molecule has 1 unspecified atom stereocenters. The summed E-state index contributed by atoms with van der Waals surface area (Å²) in [6.07, 6.45) is 8.04. The van der Waals surface area contributed by atoms with Crippen LogP contribution in [0.15, 0.2) is 0 Å². The molecule has 1 atom stereocenters. The van der Waals surface area contributed by atoms with Gasteiger partial charge in [0.15, 0.2) is 0 Å². The molecule has 0 aromatic heterocycles. The lowest BCUT2D eigenvalue weighted by Gasteiger charge is -2.25. The van der Waals surface area contributed by atoms with E-state index in [0.29, 0.717) is 6.04 Å². The highest BCUT2D eigenvalue weighted by molar-refractivity contribution is 5.50. The van der Waals surface area contributed by atoms with Crippen LogP contribution in [0.1, 0.15) is 84.9 Å². The second-order valence-corrected chi connectivity index (χ2v) is 6.58. The lowest BCUT2D eigenvalue weighted by molar-refractivity contribution is 0.497. The first-order chi connectivity index (χ1) is 9.95. The number of hydrogen-bond acceptors (Lipinski definition) is 1. The van der Waals surface area contributed by atoms with Crippen LogP contribution in [-0.4, -0.2) is 7.05 Å². The van der Waals surface area contributed by atoms with Crippen molar-refractivity contribution in [3.8, 4) is 0 Å². The van der Waals surface area contributed by atoms with Crippen molar-refractivity contribution in [2.75, 3.05) is 7.05 Å². The normalized spacial score (nSPS) is 12.7. The molecule has 0 saturated carbocycles. The first-order valence-electron chi connectivity index (χ1n) is 8.69. The summed E-state index contributed by atoms with van der Waals surface area (Å²) in [5, 5.41) is 3.56. The molecular weight excluding hydrogens is 254 g/mol. The van der Waals surface area contributed by atoms with E-state index in [1.165, 1.54) is 66.3 Å². The molecule has 1 rings (SSSR count). The molecule has 0 radical (unpaired) electrons. The van der Waals surface area contributed by atoms with Crippen LogP contribution in [0.25, 0.3) is 0 Å². The maximum Gasteiger partial charge on any atom is 0.0322 e. The average Bonchev–Trinajstić information content (AvgIpc) is 2.49. The second-order valence-electron chi connectivity index (χ2n) is 6.58. The van der Waals surface area contributed by atoms with Gasteiger partial charge in [-0.2, -0.15) is 0 Å². The molecule has 0 heterocycles. The van der Waals surface area contributed by atoms with E-state index < -0.39 is 0 Å². The van der Waals surface area contributed by atoms with Crippen LogP contribution >= 0.6 is 0 Å². The zero-order chi connectivity index (χ0) is 16.0. The van der Waals surface area contributed by atoms with E-state index in [1.807, 2.05) is 0 Å². The fourth-order valence-corrected chi connectivity index (χ4v) is 3.44. The molecule has 1 heteroatoms. The molecule has 1 N–H and O–H groups in total. The first kappa shape index (κ1) is 18.2. The van der Waals surface area contributed by atoms with Crippen LogP contribution in [0.2, 0.25) is 0 Å². The van der Waals surface area contributed by atoms with Gasteiger partial charge in [0.1, 0.15) is 0 Å². The molecule has 0 aliphatic heterocycles. The van der Waals surface area contributed by atoms with Gasteiger partial charge in [-0.3, -0.25) is 0 Å². The Hall–Kier alpha value is -0.820. The Morgan fingerprint density at radius 2 is 1.19 bits per heavy atom. The van der Waals surface area contributed by atoms with Crippen LogP contribution in [0.3, 0.4) is 0 Å². The summed E-state index contributed by atoms with van der Waals surface area (Å²) in [5.74, 6) is 0. The van der Waals surface area contributed by atoms with Gasteiger partial charge in [0, 0.05) is 6.04 Å². The number of hydrogen-bond donors (Lipinski definition) is 1. The lowest BCUT2D eigenvalue weighted by Crippen LogP contribution is -2.20. The Kier molecular flexibility index (Phi) is 7.45. The van der Waals surface area contributed by atoms with Gasteiger partial charge in [-0.15, -0.1) is 0 Å². The van der Waals surface area contributed by atoms with Crippen LogP contribution < -0.4 is 5.32 Å². The standard InChI is InChI=1S/C20H35N/c1-8-9-10-11-12-13-19(21-7)20-17(5)15(3)14(2)16(4)18(20)6/h19,21H,8-13H2,1-7H3.